The number of aryl methyl sites for hydroxylation is 2. The van der Waals surface area contributed by atoms with Crippen LogP contribution >= 0.6 is 11.8 Å². The van der Waals surface area contributed by atoms with Crippen LogP contribution in [0.15, 0.2) is 64.5 Å². The molecule has 0 saturated heterocycles. The van der Waals surface area contributed by atoms with Crippen molar-refractivity contribution in [1.29, 1.82) is 0 Å². The molecule has 0 N–H and O–H groups in total. The van der Waals surface area contributed by atoms with Gasteiger partial charge in [-0.25, -0.2) is 0 Å². The number of hydrogen-bond acceptors (Lipinski definition) is 1. The first-order valence-electron chi connectivity index (χ1n) is 14.9. The van der Waals surface area contributed by atoms with Crippen molar-refractivity contribution in [2.24, 2.45) is 18.4 Å². The maximum atomic E-state index is 2.53. The fourth-order valence-electron chi connectivity index (χ4n) is 6.87. The molecule has 0 radical (unpaired) electrons. The molecule has 206 valence electrons. The third-order valence-electron chi connectivity index (χ3n) is 8.52. The molecule has 1 aliphatic heterocycles. The number of fused-ring (bicyclic) bond motifs is 5. The van der Waals surface area contributed by atoms with Crippen LogP contribution in [0, 0.1) is 18.3 Å². The van der Waals surface area contributed by atoms with E-state index in [0.29, 0.717) is 5.92 Å². The second-order valence-electron chi connectivity index (χ2n) is 14.7. The molecule has 2 heterocycles. The van der Waals surface area contributed by atoms with Crippen molar-refractivity contribution < 1.29 is 4.57 Å². The van der Waals surface area contributed by atoms with Crippen molar-refractivity contribution in [3.63, 3.8) is 0 Å². The molecular weight excluding hydrogens is 563 g/mol. The second kappa shape index (κ2) is 9.63. The van der Waals surface area contributed by atoms with Crippen molar-refractivity contribution in [1.82, 2.24) is 0 Å². The molecule has 0 bridgehead atoms. The van der Waals surface area contributed by atoms with Crippen LogP contribution in [0.4, 0.5) is 0 Å². The van der Waals surface area contributed by atoms with Gasteiger partial charge in [0.1, 0.15) is 0 Å². The van der Waals surface area contributed by atoms with Gasteiger partial charge in [-0.15, -0.1) is 0 Å². The summed E-state index contributed by atoms with van der Waals surface area (Å²) in [6, 6.07) is 19.2. The average molecular weight is 607 g/mol. The number of pyridine rings is 1. The molecular formula is C37H44GeNS+. The van der Waals surface area contributed by atoms with Gasteiger partial charge in [-0.2, -0.15) is 0 Å². The van der Waals surface area contributed by atoms with E-state index in [4.69, 9.17) is 0 Å². The first kappa shape index (κ1) is 27.9. The van der Waals surface area contributed by atoms with Crippen LogP contribution in [-0.4, -0.2) is 13.3 Å². The van der Waals surface area contributed by atoms with E-state index >= 15 is 0 Å². The Morgan fingerprint density at radius 1 is 0.900 bits per heavy atom. The molecule has 4 aromatic carbocycles. The zero-order chi connectivity index (χ0) is 28.7. The van der Waals surface area contributed by atoms with Gasteiger partial charge in [-0.3, -0.25) is 0 Å². The standard InChI is InChI=1S/C37H44GeNS/c1-22(2)18-24-14-15-26-28(19-24)23(3)32-35-34-27(16-17-39(35)10)33-25(12-11-13-30(33)38(7,8)9)20-31(34)40-36(32)29(26)21-37(4,5)6/h11-17,19-20,22H,18,21H2,1-10H3/q+1. The van der Waals surface area contributed by atoms with E-state index in [-0.39, 0.29) is 5.41 Å². The van der Waals surface area contributed by atoms with Crippen molar-refractivity contribution in [3.05, 3.63) is 71.4 Å². The van der Waals surface area contributed by atoms with Gasteiger partial charge in [0.25, 0.3) is 0 Å². The average Bonchev–Trinajstić information content (AvgIpc) is 2.85. The van der Waals surface area contributed by atoms with Crippen LogP contribution in [0.25, 0.3) is 43.6 Å². The molecule has 0 amide bonds. The van der Waals surface area contributed by atoms with Crippen LogP contribution in [0.1, 0.15) is 51.3 Å². The number of nitrogens with zero attached hydrogens (tertiary/aromatic N) is 1. The summed E-state index contributed by atoms with van der Waals surface area (Å²) in [6.07, 6.45) is 4.50. The molecule has 5 aromatic rings. The van der Waals surface area contributed by atoms with Gasteiger partial charge in [0.2, 0.25) is 0 Å². The Hall–Kier alpha value is -2.30. The molecule has 0 saturated carbocycles. The van der Waals surface area contributed by atoms with Gasteiger partial charge in [0.05, 0.1) is 0 Å². The molecule has 1 aliphatic rings. The summed E-state index contributed by atoms with van der Waals surface area (Å²) in [5, 5.41) is 8.63. The van der Waals surface area contributed by atoms with E-state index in [2.05, 4.69) is 125 Å². The Labute approximate surface area is 247 Å². The van der Waals surface area contributed by atoms with Gasteiger partial charge < -0.3 is 0 Å². The summed E-state index contributed by atoms with van der Waals surface area (Å²) in [4.78, 5) is 2.88. The van der Waals surface area contributed by atoms with E-state index in [1.165, 1.54) is 70.1 Å². The van der Waals surface area contributed by atoms with E-state index in [0.717, 1.165) is 12.8 Å². The predicted molar refractivity (Wildman–Crippen MR) is 179 cm³/mol. The van der Waals surface area contributed by atoms with Crippen LogP contribution in [0.2, 0.25) is 17.3 Å². The molecule has 3 heteroatoms. The minimum absolute atomic E-state index is 0.193. The second-order valence-corrected chi connectivity index (χ2v) is 26.3. The predicted octanol–water partition coefficient (Wildman–Crippen LogP) is 9.74. The number of hydrogen-bond donors (Lipinski definition) is 0. The monoisotopic (exact) mass is 608 g/mol. The molecule has 0 aliphatic carbocycles. The summed E-state index contributed by atoms with van der Waals surface area (Å²) in [5.74, 6) is 8.22. The normalized spacial score (nSPS) is 13.6. The maximum absolute atomic E-state index is 2.53. The molecule has 1 nitrogen and oxygen atoms in total. The number of rotatable bonds is 4. The zero-order valence-corrected chi connectivity index (χ0v) is 29.0. The topological polar surface area (TPSA) is 3.88 Å². The molecule has 0 spiro atoms. The first-order valence-corrected chi connectivity index (χ1v) is 23.1. The summed E-state index contributed by atoms with van der Waals surface area (Å²) in [6.45, 7) is 14.2. The van der Waals surface area contributed by atoms with Crippen LogP contribution in [0.5, 0.6) is 0 Å². The van der Waals surface area contributed by atoms with Crippen molar-refractivity contribution >= 4 is 61.7 Å². The molecule has 1 aromatic heterocycles. The van der Waals surface area contributed by atoms with Crippen molar-refractivity contribution in [2.75, 3.05) is 0 Å². The fourth-order valence-corrected chi connectivity index (χ4v) is 11.7. The van der Waals surface area contributed by atoms with Gasteiger partial charge in [0.15, 0.2) is 0 Å². The summed E-state index contributed by atoms with van der Waals surface area (Å²) in [5.41, 5.74) is 7.43. The van der Waals surface area contributed by atoms with Gasteiger partial charge in [0, 0.05) is 0 Å². The summed E-state index contributed by atoms with van der Waals surface area (Å²) >= 11 is -0.0833. The van der Waals surface area contributed by atoms with Gasteiger partial charge >= 0.3 is 235 Å². The Kier molecular flexibility index (Phi) is 6.71. The SMILES string of the molecule is Cc1c2c(c(CC(C)(C)C)c3ccc(CC(C)C)cc13)Sc1cc3ccc[c]([Ge]([CH3])([CH3])[CH3])c3c3cc[n+](C)c-2c13. The van der Waals surface area contributed by atoms with Crippen LogP contribution in [0.3, 0.4) is 0 Å². The quantitative estimate of drug-likeness (QED) is 0.110. The van der Waals surface area contributed by atoms with Gasteiger partial charge in [-0.05, 0) is 0 Å². The number of aromatic nitrogens is 1. The van der Waals surface area contributed by atoms with E-state index in [1.54, 1.807) is 4.40 Å². The third kappa shape index (κ3) is 4.60. The molecule has 0 fully saturated rings. The van der Waals surface area contributed by atoms with Crippen molar-refractivity contribution in [3.8, 4) is 11.3 Å². The van der Waals surface area contributed by atoms with Crippen molar-refractivity contribution in [2.45, 2.75) is 81.4 Å². The Morgan fingerprint density at radius 3 is 2.33 bits per heavy atom. The van der Waals surface area contributed by atoms with Gasteiger partial charge in [-0.1, -0.05) is 13.8 Å². The van der Waals surface area contributed by atoms with Crippen LogP contribution < -0.4 is 8.96 Å². The molecule has 0 atom stereocenters. The zero-order valence-electron chi connectivity index (χ0n) is 26.0. The minimum atomic E-state index is -2.11. The molecule has 0 unspecified atom stereocenters. The first-order chi connectivity index (χ1) is 18.7. The molecule has 6 rings (SSSR count). The van der Waals surface area contributed by atoms with E-state index < -0.39 is 13.3 Å². The Balaban J connectivity index is 1.78. The fraction of sp³-hybridized carbons (Fsp3) is 0.378. The number of benzene rings is 4. The summed E-state index contributed by atoms with van der Waals surface area (Å²) in [7, 11) is 2.25. The molecule has 40 heavy (non-hydrogen) atoms. The third-order valence-corrected chi connectivity index (χ3v) is 14.0. The van der Waals surface area contributed by atoms with E-state index in [9.17, 15) is 0 Å². The van der Waals surface area contributed by atoms with E-state index in [1.807, 2.05) is 11.8 Å². The Morgan fingerprint density at radius 2 is 1.65 bits per heavy atom. The summed E-state index contributed by atoms with van der Waals surface area (Å²) < 4.78 is 4.01. The Bertz CT molecular complexity index is 1830. The van der Waals surface area contributed by atoms with Crippen LogP contribution in [-0.2, 0) is 19.9 Å².